The molecule has 2 unspecified atom stereocenters. The van der Waals surface area contributed by atoms with Crippen molar-refractivity contribution < 1.29 is 14.6 Å². The average molecular weight is 284 g/mol. The molecule has 5 heteroatoms. The molecular weight excluding hydrogens is 266 g/mol. The van der Waals surface area contributed by atoms with E-state index in [9.17, 15) is 9.90 Å². The monoisotopic (exact) mass is 283 g/mol. The van der Waals surface area contributed by atoms with Crippen LogP contribution in [0.15, 0.2) is 24.3 Å². The van der Waals surface area contributed by atoms with Gasteiger partial charge in [-0.15, -0.1) is 0 Å². The number of carbonyl (C=O) groups is 1. The minimum Gasteiger partial charge on any atom is -0.492 e. The van der Waals surface area contributed by atoms with Crippen molar-refractivity contribution in [2.24, 2.45) is 5.92 Å². The van der Waals surface area contributed by atoms with Crippen LogP contribution in [0.1, 0.15) is 13.3 Å². The number of hydrogen-bond acceptors (Lipinski definition) is 3. The molecule has 104 valence electrons. The van der Waals surface area contributed by atoms with Crippen LogP contribution >= 0.6 is 11.6 Å². The predicted molar refractivity (Wildman–Crippen MR) is 73.7 cm³/mol. The average Bonchev–Trinajstić information content (AvgIpc) is 2.71. The fraction of sp³-hybridized carbons (Fsp3) is 0.500. The topological polar surface area (TPSA) is 49.8 Å². The number of likely N-dealkylation sites (tertiary alicyclic amines) is 1. The van der Waals surface area contributed by atoms with E-state index in [1.165, 1.54) is 0 Å². The first-order chi connectivity index (χ1) is 9.08. The number of aliphatic carboxylic acids is 1. The van der Waals surface area contributed by atoms with Gasteiger partial charge in [-0.05, 0) is 37.1 Å². The summed E-state index contributed by atoms with van der Waals surface area (Å²) in [4.78, 5) is 13.2. The number of halogens is 1. The minimum absolute atomic E-state index is 0.198. The van der Waals surface area contributed by atoms with Gasteiger partial charge in [0.05, 0.1) is 0 Å². The van der Waals surface area contributed by atoms with Gasteiger partial charge < -0.3 is 9.84 Å². The van der Waals surface area contributed by atoms with Crippen molar-refractivity contribution in [3.05, 3.63) is 29.3 Å². The highest BCUT2D eigenvalue weighted by atomic mass is 35.5. The second kappa shape index (κ2) is 6.26. The maximum Gasteiger partial charge on any atom is 0.321 e. The summed E-state index contributed by atoms with van der Waals surface area (Å²) in [6.45, 7) is 3.89. The van der Waals surface area contributed by atoms with Crippen LogP contribution in [0, 0.1) is 5.92 Å². The van der Waals surface area contributed by atoms with Gasteiger partial charge in [0, 0.05) is 11.6 Å². The van der Waals surface area contributed by atoms with Crippen LogP contribution < -0.4 is 4.74 Å². The maximum absolute atomic E-state index is 11.2. The zero-order valence-corrected chi connectivity index (χ0v) is 11.6. The molecule has 1 aliphatic rings. The van der Waals surface area contributed by atoms with Gasteiger partial charge in [0.25, 0.3) is 0 Å². The Labute approximate surface area is 117 Å². The summed E-state index contributed by atoms with van der Waals surface area (Å²) in [6, 6.07) is 6.82. The highest BCUT2D eigenvalue weighted by Crippen LogP contribution is 2.24. The van der Waals surface area contributed by atoms with E-state index in [1.54, 1.807) is 12.1 Å². The number of nitrogens with zero attached hydrogens (tertiary/aromatic N) is 1. The van der Waals surface area contributed by atoms with Gasteiger partial charge in [-0.2, -0.15) is 0 Å². The van der Waals surface area contributed by atoms with Crippen LogP contribution in [0.5, 0.6) is 5.75 Å². The summed E-state index contributed by atoms with van der Waals surface area (Å²) in [5.74, 6) is 0.169. The molecule has 1 aliphatic heterocycles. The highest BCUT2D eigenvalue weighted by molar-refractivity contribution is 6.30. The Hall–Kier alpha value is -1.26. The molecule has 1 N–H and O–H groups in total. The predicted octanol–water partition coefficient (Wildman–Crippen LogP) is 2.51. The highest BCUT2D eigenvalue weighted by Gasteiger charge is 2.36. The Bertz CT molecular complexity index is 452. The van der Waals surface area contributed by atoms with Crippen LogP contribution in [0.4, 0.5) is 0 Å². The van der Waals surface area contributed by atoms with Crippen molar-refractivity contribution >= 4 is 17.6 Å². The van der Waals surface area contributed by atoms with Crippen molar-refractivity contribution in [3.8, 4) is 5.75 Å². The molecule has 1 saturated heterocycles. The molecule has 0 bridgehead atoms. The SMILES string of the molecule is CC1CCN(CCOc2cccc(Cl)c2)C1C(=O)O. The van der Waals surface area contributed by atoms with Gasteiger partial charge in [0.2, 0.25) is 0 Å². The third-order valence-electron chi connectivity index (χ3n) is 3.50. The Morgan fingerprint density at radius 1 is 1.58 bits per heavy atom. The molecule has 0 saturated carbocycles. The van der Waals surface area contributed by atoms with E-state index in [4.69, 9.17) is 16.3 Å². The van der Waals surface area contributed by atoms with Gasteiger partial charge in [-0.3, -0.25) is 9.69 Å². The Balaban J connectivity index is 1.84. The van der Waals surface area contributed by atoms with E-state index in [0.717, 1.165) is 13.0 Å². The fourth-order valence-corrected chi connectivity index (χ4v) is 2.69. The Morgan fingerprint density at radius 3 is 3.05 bits per heavy atom. The zero-order valence-electron chi connectivity index (χ0n) is 10.9. The van der Waals surface area contributed by atoms with Crippen LogP contribution in [0.3, 0.4) is 0 Å². The molecule has 0 radical (unpaired) electrons. The number of benzene rings is 1. The Kier molecular flexibility index (Phi) is 4.66. The summed E-state index contributed by atoms with van der Waals surface area (Å²) in [7, 11) is 0. The molecule has 0 amide bonds. The first-order valence-electron chi connectivity index (χ1n) is 6.43. The fourth-order valence-electron chi connectivity index (χ4n) is 2.51. The van der Waals surface area contributed by atoms with E-state index in [-0.39, 0.29) is 12.0 Å². The zero-order chi connectivity index (χ0) is 13.8. The second-order valence-electron chi connectivity index (χ2n) is 4.89. The Morgan fingerprint density at radius 2 is 2.37 bits per heavy atom. The summed E-state index contributed by atoms with van der Waals surface area (Å²) >= 11 is 5.87. The largest absolute Gasteiger partial charge is 0.492 e. The molecule has 2 atom stereocenters. The lowest BCUT2D eigenvalue weighted by molar-refractivity contribution is -0.143. The van der Waals surface area contributed by atoms with Gasteiger partial charge in [-0.25, -0.2) is 0 Å². The van der Waals surface area contributed by atoms with Crippen molar-refractivity contribution in [3.63, 3.8) is 0 Å². The summed E-state index contributed by atoms with van der Waals surface area (Å²) in [5, 5.41) is 9.84. The molecule has 4 nitrogen and oxygen atoms in total. The number of carboxylic acid groups (broad SMARTS) is 1. The second-order valence-corrected chi connectivity index (χ2v) is 5.33. The first kappa shape index (κ1) is 14.2. The van der Waals surface area contributed by atoms with Crippen molar-refractivity contribution in [2.45, 2.75) is 19.4 Å². The molecule has 1 aromatic carbocycles. The first-order valence-corrected chi connectivity index (χ1v) is 6.81. The lowest BCUT2D eigenvalue weighted by atomic mass is 10.0. The quantitative estimate of drug-likeness (QED) is 0.902. The van der Waals surface area contributed by atoms with E-state index in [2.05, 4.69) is 0 Å². The summed E-state index contributed by atoms with van der Waals surface area (Å²) in [5.41, 5.74) is 0. The van der Waals surface area contributed by atoms with Gasteiger partial charge >= 0.3 is 5.97 Å². The number of ether oxygens (including phenoxy) is 1. The standard InChI is InChI=1S/C14H18ClNO3/c1-10-5-6-16(13(10)14(17)18)7-8-19-12-4-2-3-11(15)9-12/h2-4,9-10,13H,5-8H2,1H3,(H,17,18). The van der Waals surface area contributed by atoms with E-state index < -0.39 is 5.97 Å². The maximum atomic E-state index is 11.2. The third-order valence-corrected chi connectivity index (χ3v) is 3.74. The van der Waals surface area contributed by atoms with Crippen LogP contribution in [-0.2, 0) is 4.79 Å². The van der Waals surface area contributed by atoms with Crippen molar-refractivity contribution in [2.75, 3.05) is 19.7 Å². The third kappa shape index (κ3) is 3.61. The molecule has 2 rings (SSSR count). The van der Waals surface area contributed by atoms with E-state index >= 15 is 0 Å². The van der Waals surface area contributed by atoms with Crippen LogP contribution in [0.2, 0.25) is 5.02 Å². The van der Waals surface area contributed by atoms with Gasteiger partial charge in [-0.1, -0.05) is 24.6 Å². The number of rotatable bonds is 5. The molecule has 1 heterocycles. The smallest absolute Gasteiger partial charge is 0.321 e. The molecular formula is C14H18ClNO3. The van der Waals surface area contributed by atoms with Gasteiger partial charge in [0.15, 0.2) is 0 Å². The molecule has 0 spiro atoms. The molecule has 1 aromatic rings. The number of hydrogen-bond donors (Lipinski definition) is 1. The normalized spacial score (nSPS) is 23.5. The molecule has 19 heavy (non-hydrogen) atoms. The minimum atomic E-state index is -0.743. The molecule has 1 fully saturated rings. The van der Waals surface area contributed by atoms with E-state index in [0.29, 0.717) is 23.9 Å². The van der Waals surface area contributed by atoms with Crippen molar-refractivity contribution in [1.82, 2.24) is 4.90 Å². The molecule has 0 aromatic heterocycles. The lowest BCUT2D eigenvalue weighted by Gasteiger charge is -2.22. The van der Waals surface area contributed by atoms with Crippen molar-refractivity contribution in [1.29, 1.82) is 0 Å². The van der Waals surface area contributed by atoms with Gasteiger partial charge in [0.1, 0.15) is 18.4 Å². The van der Waals surface area contributed by atoms with E-state index in [1.807, 2.05) is 24.0 Å². The number of carboxylic acids is 1. The molecule has 0 aliphatic carbocycles. The summed E-state index contributed by atoms with van der Waals surface area (Å²) < 4.78 is 5.59. The summed E-state index contributed by atoms with van der Waals surface area (Å²) in [6.07, 6.45) is 0.925. The van der Waals surface area contributed by atoms with Crippen LogP contribution in [0.25, 0.3) is 0 Å². The lowest BCUT2D eigenvalue weighted by Crippen LogP contribution is -2.41. The van der Waals surface area contributed by atoms with Crippen LogP contribution in [-0.4, -0.2) is 41.7 Å².